The van der Waals surface area contributed by atoms with Crippen LogP contribution in [0.4, 0.5) is 0 Å². The second kappa shape index (κ2) is 7.87. The van der Waals surface area contributed by atoms with Crippen LogP contribution in [0.5, 0.6) is 0 Å². The monoisotopic (exact) mass is 460 g/mol. The van der Waals surface area contributed by atoms with Crippen LogP contribution in [0.3, 0.4) is 0 Å². The molecule has 0 radical (unpaired) electrons. The number of carbonyl (C=O) groups excluding carboxylic acids is 1. The van der Waals surface area contributed by atoms with E-state index in [9.17, 15) is 13.2 Å². The van der Waals surface area contributed by atoms with E-state index in [1.54, 1.807) is 12.1 Å². The standard InChI is InChI=1S/C21H21ClN4O4S/c22-14-10-17-21(24-11-14)30-20(26-17)12-1-3-15(4-2-12)25-19(27)13-7-8-23-18(9-13)31(28,29)16-5-6-16/h7-12,15-16H,1-6H2,(H,25,27). The molecule has 5 rings (SSSR count). The van der Waals surface area contributed by atoms with Crippen molar-refractivity contribution in [3.8, 4) is 0 Å². The number of carbonyl (C=O) groups is 1. The van der Waals surface area contributed by atoms with E-state index in [0.29, 0.717) is 40.5 Å². The number of amides is 1. The summed E-state index contributed by atoms with van der Waals surface area (Å²) in [6.07, 6.45) is 7.44. The fourth-order valence-electron chi connectivity index (χ4n) is 4.00. The summed E-state index contributed by atoms with van der Waals surface area (Å²) in [6.45, 7) is 0. The molecule has 0 aliphatic heterocycles. The average Bonchev–Trinajstić information content (AvgIpc) is 3.55. The zero-order valence-corrected chi connectivity index (χ0v) is 18.2. The topological polar surface area (TPSA) is 115 Å². The van der Waals surface area contributed by atoms with Crippen molar-refractivity contribution < 1.29 is 17.6 Å². The van der Waals surface area contributed by atoms with E-state index < -0.39 is 9.84 Å². The van der Waals surface area contributed by atoms with Crippen LogP contribution >= 0.6 is 11.6 Å². The fourth-order valence-corrected chi connectivity index (χ4v) is 5.75. The smallest absolute Gasteiger partial charge is 0.251 e. The largest absolute Gasteiger partial charge is 0.422 e. The highest BCUT2D eigenvalue weighted by Crippen LogP contribution is 2.35. The van der Waals surface area contributed by atoms with Crippen LogP contribution in [-0.4, -0.2) is 40.6 Å². The lowest BCUT2D eigenvalue weighted by Gasteiger charge is -2.27. The predicted molar refractivity (Wildman–Crippen MR) is 114 cm³/mol. The zero-order valence-electron chi connectivity index (χ0n) is 16.6. The molecule has 2 fully saturated rings. The highest BCUT2D eigenvalue weighted by atomic mass is 35.5. The molecule has 31 heavy (non-hydrogen) atoms. The van der Waals surface area contributed by atoms with Gasteiger partial charge in [0.05, 0.1) is 10.3 Å². The summed E-state index contributed by atoms with van der Waals surface area (Å²) in [7, 11) is -3.43. The Labute approximate surface area is 184 Å². The first-order valence-electron chi connectivity index (χ1n) is 10.3. The number of rotatable bonds is 5. The van der Waals surface area contributed by atoms with E-state index >= 15 is 0 Å². The molecule has 2 aliphatic carbocycles. The van der Waals surface area contributed by atoms with Crippen molar-refractivity contribution in [2.24, 2.45) is 0 Å². The first kappa shape index (κ1) is 20.4. The molecular formula is C21H21ClN4O4S. The molecule has 0 spiro atoms. The van der Waals surface area contributed by atoms with E-state index in [-0.39, 0.29) is 28.1 Å². The van der Waals surface area contributed by atoms with Crippen molar-refractivity contribution in [3.05, 3.63) is 47.1 Å². The van der Waals surface area contributed by atoms with Gasteiger partial charge in [-0.3, -0.25) is 4.79 Å². The third-order valence-electron chi connectivity index (χ3n) is 5.89. The zero-order chi connectivity index (χ0) is 21.6. The van der Waals surface area contributed by atoms with Crippen molar-refractivity contribution >= 4 is 38.6 Å². The lowest BCUT2D eigenvalue weighted by molar-refractivity contribution is 0.0924. The minimum absolute atomic E-state index is 0.0114. The second-order valence-electron chi connectivity index (χ2n) is 8.18. The maximum atomic E-state index is 12.7. The van der Waals surface area contributed by atoms with Crippen molar-refractivity contribution in [1.82, 2.24) is 20.3 Å². The Hall–Kier alpha value is -2.52. The highest BCUT2D eigenvalue weighted by Gasteiger charge is 2.38. The number of aromatic nitrogens is 3. The first-order chi connectivity index (χ1) is 14.9. The van der Waals surface area contributed by atoms with Gasteiger partial charge in [0.25, 0.3) is 5.91 Å². The van der Waals surface area contributed by atoms with Gasteiger partial charge in [0, 0.05) is 29.9 Å². The van der Waals surface area contributed by atoms with Crippen LogP contribution in [0.15, 0.2) is 40.0 Å². The lowest BCUT2D eigenvalue weighted by atomic mass is 9.86. The molecule has 2 aliphatic rings. The van der Waals surface area contributed by atoms with Crippen molar-refractivity contribution in [3.63, 3.8) is 0 Å². The van der Waals surface area contributed by atoms with Gasteiger partial charge in [-0.15, -0.1) is 0 Å². The Morgan fingerprint density at radius 3 is 2.61 bits per heavy atom. The quantitative estimate of drug-likeness (QED) is 0.617. The molecule has 0 atom stereocenters. The predicted octanol–water partition coefficient (Wildman–Crippen LogP) is 3.66. The highest BCUT2D eigenvalue weighted by molar-refractivity contribution is 7.92. The molecule has 0 saturated heterocycles. The van der Waals surface area contributed by atoms with Gasteiger partial charge in [-0.2, -0.15) is 0 Å². The van der Waals surface area contributed by atoms with Gasteiger partial charge in [-0.25, -0.2) is 23.4 Å². The molecule has 3 aromatic rings. The Morgan fingerprint density at radius 1 is 1.10 bits per heavy atom. The maximum absolute atomic E-state index is 12.7. The fraction of sp³-hybridized carbons (Fsp3) is 0.429. The van der Waals surface area contributed by atoms with Gasteiger partial charge in [0.1, 0.15) is 5.52 Å². The van der Waals surface area contributed by atoms with E-state index in [1.807, 2.05) is 0 Å². The molecule has 1 amide bonds. The molecule has 1 N–H and O–H groups in total. The molecule has 8 nitrogen and oxygen atoms in total. The van der Waals surface area contributed by atoms with Crippen molar-refractivity contribution in [2.75, 3.05) is 0 Å². The Kier molecular flexibility index (Phi) is 5.18. The van der Waals surface area contributed by atoms with Crippen LogP contribution in [0.1, 0.15) is 60.7 Å². The number of fused-ring (bicyclic) bond motifs is 1. The third kappa shape index (κ3) is 4.16. The van der Waals surface area contributed by atoms with Gasteiger partial charge < -0.3 is 9.73 Å². The second-order valence-corrected chi connectivity index (χ2v) is 10.8. The molecule has 0 unspecified atom stereocenters. The molecular weight excluding hydrogens is 440 g/mol. The SMILES string of the molecule is O=C(NC1CCC(c2nc3cc(Cl)cnc3o2)CC1)c1ccnc(S(=O)(=O)C2CC2)c1. The van der Waals surface area contributed by atoms with Crippen LogP contribution in [0.25, 0.3) is 11.2 Å². The van der Waals surface area contributed by atoms with E-state index in [2.05, 4.69) is 20.3 Å². The summed E-state index contributed by atoms with van der Waals surface area (Å²) in [4.78, 5) is 25.3. The van der Waals surface area contributed by atoms with Crippen LogP contribution in [-0.2, 0) is 9.84 Å². The van der Waals surface area contributed by atoms with Crippen LogP contribution < -0.4 is 5.32 Å². The summed E-state index contributed by atoms with van der Waals surface area (Å²) in [5.41, 5.74) is 1.44. The molecule has 3 aromatic heterocycles. The first-order valence-corrected chi connectivity index (χ1v) is 12.3. The minimum Gasteiger partial charge on any atom is -0.422 e. The average molecular weight is 461 g/mol. The number of nitrogens with one attached hydrogen (secondary N) is 1. The molecule has 0 bridgehead atoms. The van der Waals surface area contributed by atoms with E-state index in [0.717, 1.165) is 25.7 Å². The van der Waals surface area contributed by atoms with Crippen LogP contribution in [0.2, 0.25) is 5.02 Å². The number of sulfone groups is 1. The van der Waals surface area contributed by atoms with Gasteiger partial charge in [0.15, 0.2) is 14.9 Å². The Balaban J connectivity index is 1.22. The summed E-state index contributed by atoms with van der Waals surface area (Å²) in [6, 6.07) is 4.67. The van der Waals surface area contributed by atoms with E-state index in [4.69, 9.17) is 16.0 Å². The summed E-state index contributed by atoms with van der Waals surface area (Å²) >= 11 is 5.96. The number of nitrogens with zero attached hydrogens (tertiary/aromatic N) is 3. The van der Waals surface area contributed by atoms with Crippen molar-refractivity contribution in [2.45, 2.75) is 60.8 Å². The molecule has 10 heteroatoms. The molecule has 2 saturated carbocycles. The van der Waals surface area contributed by atoms with Crippen LogP contribution in [0, 0.1) is 0 Å². The number of hydrogen-bond donors (Lipinski definition) is 1. The van der Waals surface area contributed by atoms with Gasteiger partial charge in [-0.05, 0) is 56.7 Å². The van der Waals surface area contributed by atoms with E-state index in [1.165, 1.54) is 18.5 Å². The molecule has 3 heterocycles. The number of halogens is 1. The Bertz CT molecular complexity index is 1250. The van der Waals surface area contributed by atoms with Gasteiger partial charge in [-0.1, -0.05) is 11.6 Å². The molecule has 162 valence electrons. The summed E-state index contributed by atoms with van der Waals surface area (Å²) in [5.74, 6) is 0.537. The lowest BCUT2D eigenvalue weighted by Crippen LogP contribution is -2.37. The number of pyridine rings is 2. The third-order valence-corrected chi connectivity index (χ3v) is 8.26. The van der Waals surface area contributed by atoms with Gasteiger partial charge in [0.2, 0.25) is 11.6 Å². The summed E-state index contributed by atoms with van der Waals surface area (Å²) in [5, 5.41) is 3.17. The number of hydrogen-bond acceptors (Lipinski definition) is 7. The van der Waals surface area contributed by atoms with Gasteiger partial charge >= 0.3 is 0 Å². The Morgan fingerprint density at radius 2 is 1.87 bits per heavy atom. The minimum atomic E-state index is -3.43. The number of oxazole rings is 1. The molecule has 0 aromatic carbocycles. The van der Waals surface area contributed by atoms with Crippen molar-refractivity contribution in [1.29, 1.82) is 0 Å². The summed E-state index contributed by atoms with van der Waals surface area (Å²) < 4.78 is 30.6. The normalized spacial score (nSPS) is 21.8. The maximum Gasteiger partial charge on any atom is 0.251 e.